The minimum Gasteiger partial charge on any atom is -0.212 e. The van der Waals surface area contributed by atoms with Gasteiger partial charge in [-0.05, 0) is 26.7 Å². The lowest BCUT2D eigenvalue weighted by atomic mass is 10.1. The van der Waals surface area contributed by atoms with Gasteiger partial charge in [-0.1, -0.05) is 6.08 Å². The third kappa shape index (κ3) is 3.25. The molecule has 0 aliphatic heterocycles. The first-order valence-electron chi connectivity index (χ1n) is 3.36. The van der Waals surface area contributed by atoms with Crippen LogP contribution in [0.15, 0.2) is 12.7 Å². The average molecular weight is 197 g/mol. The average Bonchev–Trinajstić information content (AvgIpc) is 1.81. The van der Waals surface area contributed by atoms with E-state index in [1.54, 1.807) is 19.9 Å². The molecule has 11 heavy (non-hydrogen) atoms. The summed E-state index contributed by atoms with van der Waals surface area (Å²) in [4.78, 5) is 0. The molecule has 0 aromatic heterocycles. The summed E-state index contributed by atoms with van der Waals surface area (Å²) >= 11 is 0. The lowest BCUT2D eigenvalue weighted by Gasteiger charge is -2.18. The summed E-state index contributed by atoms with van der Waals surface area (Å²) in [7, 11) is 1.75. The Morgan fingerprint density at radius 3 is 2.27 bits per heavy atom. The molecule has 0 aromatic carbocycles. The number of allylic oxidation sites excluding steroid dienone is 1. The largest absolute Gasteiger partial charge is 0.237 e. The van der Waals surface area contributed by atoms with Crippen molar-refractivity contribution >= 4 is 19.7 Å². The molecular formula is C7H13ClO2S. The van der Waals surface area contributed by atoms with Crippen LogP contribution in [0, 0.1) is 0 Å². The highest BCUT2D eigenvalue weighted by atomic mass is 35.7. The molecule has 0 saturated heterocycles. The van der Waals surface area contributed by atoms with Crippen molar-refractivity contribution in [2.45, 2.75) is 31.4 Å². The molecule has 0 rings (SSSR count). The molecule has 0 amide bonds. The van der Waals surface area contributed by atoms with Gasteiger partial charge in [-0.3, -0.25) is 0 Å². The Labute approximate surface area is 72.7 Å². The molecule has 0 aliphatic rings. The predicted octanol–water partition coefficient (Wildman–Crippen LogP) is 2.30. The summed E-state index contributed by atoms with van der Waals surface area (Å²) in [5.74, 6) is 0. The molecule has 0 N–H and O–H groups in total. The van der Waals surface area contributed by atoms with E-state index in [0.717, 1.165) is 0 Å². The number of rotatable bonds is 4. The van der Waals surface area contributed by atoms with Crippen LogP contribution in [0.3, 0.4) is 0 Å². The van der Waals surface area contributed by atoms with E-state index in [1.807, 2.05) is 0 Å². The maximum absolute atomic E-state index is 10.9. The van der Waals surface area contributed by atoms with Crippen LogP contribution in [0.25, 0.3) is 0 Å². The highest BCUT2D eigenvalue weighted by Crippen LogP contribution is 2.25. The van der Waals surface area contributed by atoms with E-state index in [-0.39, 0.29) is 0 Å². The molecular weight excluding hydrogens is 184 g/mol. The van der Waals surface area contributed by atoms with Gasteiger partial charge in [-0.25, -0.2) is 8.42 Å². The Balaban J connectivity index is 4.35. The van der Waals surface area contributed by atoms with E-state index in [1.165, 1.54) is 0 Å². The third-order valence-corrected chi connectivity index (χ3v) is 4.39. The van der Waals surface area contributed by atoms with Crippen LogP contribution in [0.1, 0.15) is 26.7 Å². The Kier molecular flexibility index (Phi) is 3.58. The van der Waals surface area contributed by atoms with Gasteiger partial charge in [-0.2, -0.15) is 0 Å². The fourth-order valence-electron chi connectivity index (χ4n) is 0.572. The van der Waals surface area contributed by atoms with Crippen molar-refractivity contribution in [1.29, 1.82) is 0 Å². The molecule has 0 heterocycles. The summed E-state index contributed by atoms with van der Waals surface area (Å²) in [5, 5.41) is 0. The predicted molar refractivity (Wildman–Crippen MR) is 48.3 cm³/mol. The minimum atomic E-state index is -3.45. The van der Waals surface area contributed by atoms with Gasteiger partial charge < -0.3 is 0 Å². The van der Waals surface area contributed by atoms with Crippen molar-refractivity contribution in [2.75, 3.05) is 0 Å². The fraction of sp³-hybridized carbons (Fsp3) is 0.714. The van der Waals surface area contributed by atoms with E-state index < -0.39 is 13.8 Å². The van der Waals surface area contributed by atoms with Gasteiger partial charge in [-0.15, -0.1) is 6.58 Å². The molecule has 2 nitrogen and oxygen atoms in total. The monoisotopic (exact) mass is 196 g/mol. The van der Waals surface area contributed by atoms with Gasteiger partial charge in [0.15, 0.2) is 0 Å². The Hall–Kier alpha value is -0.0200. The summed E-state index contributed by atoms with van der Waals surface area (Å²) in [6, 6.07) is 0. The smallest absolute Gasteiger partial charge is 0.212 e. The van der Waals surface area contributed by atoms with Crippen molar-refractivity contribution in [1.82, 2.24) is 0 Å². The van der Waals surface area contributed by atoms with Crippen LogP contribution in [0.4, 0.5) is 0 Å². The molecule has 0 unspecified atom stereocenters. The first kappa shape index (κ1) is 11.0. The van der Waals surface area contributed by atoms with Gasteiger partial charge in [0.25, 0.3) is 0 Å². The molecule has 0 radical (unpaired) electrons. The summed E-state index contributed by atoms with van der Waals surface area (Å²) in [6.07, 6.45) is 2.87. The van der Waals surface area contributed by atoms with Crippen LogP contribution in [-0.4, -0.2) is 13.2 Å². The molecule has 0 spiro atoms. The molecule has 0 bridgehead atoms. The maximum Gasteiger partial charge on any atom is 0.237 e. The zero-order valence-electron chi connectivity index (χ0n) is 6.80. The summed E-state index contributed by atoms with van der Waals surface area (Å²) < 4.78 is 20.9. The standard InChI is InChI=1S/C7H13ClO2S/c1-4-5-6-7(2,3)11(8,9)10/h4H,1,5-6H2,2-3H3. The van der Waals surface area contributed by atoms with E-state index in [0.29, 0.717) is 12.8 Å². The van der Waals surface area contributed by atoms with Crippen molar-refractivity contribution in [3.05, 3.63) is 12.7 Å². The van der Waals surface area contributed by atoms with E-state index in [2.05, 4.69) is 6.58 Å². The third-order valence-electron chi connectivity index (χ3n) is 1.61. The first-order chi connectivity index (χ1) is 4.81. The SMILES string of the molecule is C=CCCC(C)(C)S(=O)(=O)Cl. The fourth-order valence-corrected chi connectivity index (χ4v) is 1.16. The molecule has 0 aromatic rings. The molecule has 4 heteroatoms. The highest BCUT2D eigenvalue weighted by molar-refractivity contribution is 8.14. The number of halogens is 1. The van der Waals surface area contributed by atoms with E-state index >= 15 is 0 Å². The van der Waals surface area contributed by atoms with Crippen molar-refractivity contribution < 1.29 is 8.42 Å². The summed E-state index contributed by atoms with van der Waals surface area (Å²) in [6.45, 7) is 6.73. The maximum atomic E-state index is 10.9. The van der Waals surface area contributed by atoms with Gasteiger partial charge in [0.2, 0.25) is 9.05 Å². The van der Waals surface area contributed by atoms with Crippen LogP contribution in [-0.2, 0) is 9.05 Å². The van der Waals surface area contributed by atoms with Gasteiger partial charge in [0.1, 0.15) is 0 Å². The highest BCUT2D eigenvalue weighted by Gasteiger charge is 2.31. The second-order valence-corrected chi connectivity index (χ2v) is 6.22. The van der Waals surface area contributed by atoms with Crippen LogP contribution >= 0.6 is 10.7 Å². The second-order valence-electron chi connectivity index (χ2n) is 3.02. The number of hydrogen-bond acceptors (Lipinski definition) is 2. The van der Waals surface area contributed by atoms with Crippen molar-refractivity contribution in [3.8, 4) is 0 Å². The molecule has 0 aliphatic carbocycles. The van der Waals surface area contributed by atoms with Crippen molar-refractivity contribution in [2.24, 2.45) is 0 Å². The summed E-state index contributed by atoms with van der Waals surface area (Å²) in [5.41, 5.74) is 0. The lowest BCUT2D eigenvalue weighted by Crippen LogP contribution is -2.27. The molecule has 0 atom stereocenters. The van der Waals surface area contributed by atoms with Crippen molar-refractivity contribution in [3.63, 3.8) is 0 Å². The molecule has 66 valence electrons. The van der Waals surface area contributed by atoms with E-state index in [9.17, 15) is 8.42 Å². The zero-order valence-corrected chi connectivity index (χ0v) is 8.37. The minimum absolute atomic E-state index is 0.516. The molecule has 0 saturated carbocycles. The quantitative estimate of drug-likeness (QED) is 0.511. The second kappa shape index (κ2) is 3.59. The Morgan fingerprint density at radius 1 is 1.55 bits per heavy atom. The van der Waals surface area contributed by atoms with Crippen LogP contribution < -0.4 is 0 Å². The van der Waals surface area contributed by atoms with Crippen LogP contribution in [0.2, 0.25) is 0 Å². The number of hydrogen-bond donors (Lipinski definition) is 0. The Bertz CT molecular complexity index is 229. The lowest BCUT2D eigenvalue weighted by molar-refractivity contribution is 0.543. The normalized spacial score (nSPS) is 13.0. The topological polar surface area (TPSA) is 34.1 Å². The van der Waals surface area contributed by atoms with Gasteiger partial charge in [0, 0.05) is 10.7 Å². The molecule has 0 fully saturated rings. The van der Waals surface area contributed by atoms with Gasteiger partial charge >= 0.3 is 0 Å². The van der Waals surface area contributed by atoms with E-state index in [4.69, 9.17) is 10.7 Å². The van der Waals surface area contributed by atoms with Gasteiger partial charge in [0.05, 0.1) is 4.75 Å². The van der Waals surface area contributed by atoms with Crippen LogP contribution in [0.5, 0.6) is 0 Å². The first-order valence-corrected chi connectivity index (χ1v) is 5.67. The zero-order chi connectivity index (χ0) is 9.12. The Morgan fingerprint density at radius 2 is 2.00 bits per heavy atom.